The Kier molecular flexibility index (Phi) is 5.42. The Morgan fingerprint density at radius 3 is 2.53 bits per heavy atom. The van der Waals surface area contributed by atoms with Gasteiger partial charge in [-0.15, -0.1) is 0 Å². The van der Waals surface area contributed by atoms with Crippen molar-refractivity contribution in [2.75, 3.05) is 43.1 Å². The van der Waals surface area contributed by atoms with Crippen LogP contribution in [0.4, 0.5) is 11.5 Å². The van der Waals surface area contributed by atoms with Crippen molar-refractivity contribution in [3.05, 3.63) is 66.2 Å². The van der Waals surface area contributed by atoms with E-state index < -0.39 is 0 Å². The van der Waals surface area contributed by atoms with Gasteiger partial charge < -0.3 is 19.6 Å². The monoisotopic (exact) mass is 508 g/mol. The SMILES string of the molecule is COc1ccc(CN2C3CC2CN(c2ccc(-c4cc(N5CC(O)C5)cn5ncc(C#N)c45)cn2)C3)cn1. The van der Waals surface area contributed by atoms with Crippen LogP contribution in [0.5, 0.6) is 5.88 Å². The number of nitrogens with zero attached hydrogens (tertiary/aromatic N) is 8. The third kappa shape index (κ3) is 3.83. The van der Waals surface area contributed by atoms with Gasteiger partial charge in [0.15, 0.2) is 0 Å². The molecule has 4 fully saturated rings. The second-order valence-electron chi connectivity index (χ2n) is 10.4. The number of nitriles is 1. The number of piperidine rings is 1. The summed E-state index contributed by atoms with van der Waals surface area (Å²) in [5, 5.41) is 23.8. The molecule has 4 aromatic heterocycles. The van der Waals surface area contributed by atoms with Crippen LogP contribution in [0, 0.1) is 11.3 Å². The minimum absolute atomic E-state index is 0.304. The molecule has 0 saturated carbocycles. The Morgan fingerprint density at radius 1 is 1.03 bits per heavy atom. The molecule has 0 aromatic carbocycles. The average molecular weight is 509 g/mol. The van der Waals surface area contributed by atoms with Gasteiger partial charge in [0.1, 0.15) is 11.9 Å². The molecule has 1 N–H and O–H groups in total. The molecule has 2 unspecified atom stereocenters. The summed E-state index contributed by atoms with van der Waals surface area (Å²) in [4.78, 5) is 16.2. The van der Waals surface area contributed by atoms with Gasteiger partial charge in [-0.25, -0.2) is 14.5 Å². The van der Waals surface area contributed by atoms with Crippen LogP contribution in [-0.2, 0) is 6.54 Å². The number of piperazine rings is 1. The topological polar surface area (TPSA) is 106 Å². The molecule has 2 bridgehead atoms. The van der Waals surface area contributed by atoms with Crippen LogP contribution in [0.2, 0.25) is 0 Å². The van der Waals surface area contributed by atoms with Crippen LogP contribution in [0.15, 0.2) is 55.1 Å². The maximum atomic E-state index is 9.77. The molecule has 0 amide bonds. The van der Waals surface area contributed by atoms with Crippen LogP contribution < -0.4 is 14.5 Å². The molecule has 4 aliphatic rings. The first-order valence-electron chi connectivity index (χ1n) is 12.9. The van der Waals surface area contributed by atoms with Crippen molar-refractivity contribution in [1.29, 1.82) is 5.26 Å². The van der Waals surface area contributed by atoms with Crippen molar-refractivity contribution in [1.82, 2.24) is 24.5 Å². The quantitative estimate of drug-likeness (QED) is 0.420. The van der Waals surface area contributed by atoms with Gasteiger partial charge >= 0.3 is 0 Å². The number of hydrogen-bond acceptors (Lipinski definition) is 9. The van der Waals surface area contributed by atoms with Crippen molar-refractivity contribution in [2.24, 2.45) is 0 Å². The fourth-order valence-corrected chi connectivity index (χ4v) is 5.95. The lowest BCUT2D eigenvalue weighted by atomic mass is 9.87. The maximum Gasteiger partial charge on any atom is 0.212 e. The minimum atomic E-state index is -0.304. The average Bonchev–Trinajstić information content (AvgIpc) is 3.37. The summed E-state index contributed by atoms with van der Waals surface area (Å²) in [7, 11) is 1.63. The molecule has 8 rings (SSSR count). The van der Waals surface area contributed by atoms with Crippen LogP contribution in [0.3, 0.4) is 0 Å². The van der Waals surface area contributed by atoms with Gasteiger partial charge in [0.25, 0.3) is 0 Å². The molecule has 10 heteroatoms. The minimum Gasteiger partial charge on any atom is -0.481 e. The van der Waals surface area contributed by atoms with Gasteiger partial charge in [-0.2, -0.15) is 10.4 Å². The molecule has 8 heterocycles. The van der Waals surface area contributed by atoms with E-state index in [1.807, 2.05) is 24.7 Å². The highest BCUT2D eigenvalue weighted by molar-refractivity contribution is 5.86. The van der Waals surface area contributed by atoms with Crippen LogP contribution in [0.25, 0.3) is 16.6 Å². The number of β-amino-alcohol motifs (C(OH)–C–C–N with tert-alkyl or cyclic N) is 1. The Bertz CT molecular complexity index is 1510. The van der Waals surface area contributed by atoms with E-state index >= 15 is 0 Å². The highest BCUT2D eigenvalue weighted by Crippen LogP contribution is 2.37. The summed E-state index contributed by atoms with van der Waals surface area (Å²) in [6.07, 6.45) is 8.23. The van der Waals surface area contributed by atoms with E-state index in [4.69, 9.17) is 9.72 Å². The zero-order chi connectivity index (χ0) is 25.8. The summed E-state index contributed by atoms with van der Waals surface area (Å²) >= 11 is 0. The van der Waals surface area contributed by atoms with E-state index in [9.17, 15) is 10.4 Å². The fourth-order valence-electron chi connectivity index (χ4n) is 5.95. The number of rotatable bonds is 6. The Balaban J connectivity index is 1.10. The summed E-state index contributed by atoms with van der Waals surface area (Å²) in [6, 6.07) is 13.5. The van der Waals surface area contributed by atoms with E-state index in [2.05, 4.69) is 55.1 Å². The predicted octanol–water partition coefficient (Wildman–Crippen LogP) is 2.32. The number of aliphatic hydroxyl groups excluding tert-OH is 1. The van der Waals surface area contributed by atoms with Crippen molar-refractivity contribution in [3.8, 4) is 23.1 Å². The second kappa shape index (κ2) is 8.97. The van der Waals surface area contributed by atoms with Crippen LogP contribution >= 0.6 is 0 Å². The van der Waals surface area contributed by atoms with E-state index in [0.717, 1.165) is 47.8 Å². The zero-order valence-corrected chi connectivity index (χ0v) is 21.1. The molecule has 0 aliphatic carbocycles. The molecule has 4 aromatic rings. The second-order valence-corrected chi connectivity index (χ2v) is 10.4. The number of aliphatic hydroxyl groups is 1. The molecule has 2 atom stereocenters. The van der Waals surface area contributed by atoms with Gasteiger partial charge in [-0.3, -0.25) is 4.90 Å². The smallest absolute Gasteiger partial charge is 0.212 e. The number of methoxy groups -OCH3 is 1. The van der Waals surface area contributed by atoms with Crippen LogP contribution in [0.1, 0.15) is 17.5 Å². The van der Waals surface area contributed by atoms with E-state index in [-0.39, 0.29) is 6.10 Å². The van der Waals surface area contributed by atoms with E-state index in [0.29, 0.717) is 36.6 Å². The number of hydrogen-bond donors (Lipinski definition) is 1. The van der Waals surface area contributed by atoms with Gasteiger partial charge in [-0.05, 0) is 30.2 Å². The first-order valence-corrected chi connectivity index (χ1v) is 12.9. The van der Waals surface area contributed by atoms with Gasteiger partial charge in [0, 0.05) is 74.4 Å². The van der Waals surface area contributed by atoms with Crippen LogP contribution in [-0.4, -0.2) is 81.1 Å². The highest BCUT2D eigenvalue weighted by Gasteiger charge is 2.44. The van der Waals surface area contributed by atoms with Gasteiger partial charge in [0.2, 0.25) is 5.88 Å². The molecule has 10 nitrogen and oxygen atoms in total. The Morgan fingerprint density at radius 2 is 1.87 bits per heavy atom. The number of aromatic nitrogens is 4. The number of anilines is 2. The maximum absolute atomic E-state index is 9.77. The van der Waals surface area contributed by atoms with Crippen molar-refractivity contribution < 1.29 is 9.84 Å². The molecule has 0 spiro atoms. The molecule has 0 radical (unpaired) electrons. The third-order valence-corrected chi connectivity index (χ3v) is 8.04. The first kappa shape index (κ1) is 23.0. The Hall–Kier alpha value is -4.20. The summed E-state index contributed by atoms with van der Waals surface area (Å²) in [5.74, 6) is 1.61. The van der Waals surface area contributed by atoms with Crippen molar-refractivity contribution >= 4 is 17.0 Å². The Labute approximate surface area is 220 Å². The van der Waals surface area contributed by atoms with E-state index in [1.165, 1.54) is 12.0 Å². The summed E-state index contributed by atoms with van der Waals surface area (Å²) in [5.41, 5.74) is 5.33. The lowest BCUT2D eigenvalue weighted by Crippen LogP contribution is -2.68. The highest BCUT2D eigenvalue weighted by atomic mass is 16.5. The van der Waals surface area contributed by atoms with Crippen molar-refractivity contribution in [2.45, 2.75) is 31.2 Å². The molecular formula is C28H28N8O2. The lowest BCUT2D eigenvalue weighted by Gasteiger charge is -2.56. The normalized spacial score (nSPS) is 21.2. The number of pyridine rings is 3. The summed E-state index contributed by atoms with van der Waals surface area (Å²) < 4.78 is 6.93. The van der Waals surface area contributed by atoms with Crippen molar-refractivity contribution in [3.63, 3.8) is 0 Å². The lowest BCUT2D eigenvalue weighted by molar-refractivity contribution is -0.00876. The molecule has 4 saturated heterocycles. The predicted molar refractivity (Wildman–Crippen MR) is 142 cm³/mol. The zero-order valence-electron chi connectivity index (χ0n) is 21.1. The van der Waals surface area contributed by atoms with Gasteiger partial charge in [-0.1, -0.05) is 6.07 Å². The fraction of sp³-hybridized carbons (Fsp3) is 0.357. The summed E-state index contributed by atoms with van der Waals surface area (Å²) in [6.45, 7) is 3.99. The standard InChI is InChI=1S/C28H28N8O2/c1-38-27-5-2-18(9-31-27)12-35-22-6-23(35)14-34(13-22)26-4-3-19(10-30-26)25-7-21(33-16-24(37)17-33)15-36-28(25)20(8-29)11-32-36/h2-5,7,9-11,15,22-24,37H,6,12-14,16-17H2,1H3. The molecular weight excluding hydrogens is 480 g/mol. The molecule has 38 heavy (non-hydrogen) atoms. The first-order chi connectivity index (χ1) is 18.6. The number of ether oxygens (including phenoxy) is 1. The third-order valence-electron chi connectivity index (χ3n) is 8.04. The molecule has 192 valence electrons. The largest absolute Gasteiger partial charge is 0.481 e. The van der Waals surface area contributed by atoms with E-state index in [1.54, 1.807) is 17.8 Å². The number of fused-ring (bicyclic) bond motifs is 3. The molecule has 4 aliphatic heterocycles. The van der Waals surface area contributed by atoms with Gasteiger partial charge in [0.05, 0.1) is 42.4 Å².